The third kappa shape index (κ3) is 5.84. The number of nitrogens with zero attached hydrogens (tertiary/aromatic N) is 3. The minimum atomic E-state index is -0.864. The first kappa shape index (κ1) is 29.1. The maximum Gasteiger partial charge on any atom is 0.411 e. The molecule has 2 amide bonds. The van der Waals surface area contributed by atoms with Gasteiger partial charge in [-0.15, -0.1) is 12.4 Å². The Balaban J connectivity index is 0.00000370. The Labute approximate surface area is 242 Å². The van der Waals surface area contributed by atoms with E-state index in [1.807, 2.05) is 78.9 Å². The molecule has 5 rings (SSSR count). The first-order valence-corrected chi connectivity index (χ1v) is 13.6. The van der Waals surface area contributed by atoms with Gasteiger partial charge in [0.05, 0.1) is 11.5 Å². The van der Waals surface area contributed by atoms with Crippen LogP contribution in [0.15, 0.2) is 91.0 Å². The molecule has 8 heteroatoms. The molecule has 7 nitrogen and oxygen atoms in total. The zero-order valence-electron chi connectivity index (χ0n) is 22.5. The first-order chi connectivity index (χ1) is 19.1. The molecule has 0 radical (unpaired) electrons. The molecule has 2 heterocycles. The Hall–Kier alpha value is -3.86. The van der Waals surface area contributed by atoms with Crippen molar-refractivity contribution in [2.75, 3.05) is 39.3 Å². The van der Waals surface area contributed by atoms with Gasteiger partial charge in [0.15, 0.2) is 0 Å². The Kier molecular flexibility index (Phi) is 9.46. The van der Waals surface area contributed by atoms with E-state index in [2.05, 4.69) is 28.4 Å². The van der Waals surface area contributed by atoms with Gasteiger partial charge in [0, 0.05) is 6.54 Å². The van der Waals surface area contributed by atoms with Gasteiger partial charge in [-0.25, -0.2) is 4.79 Å². The number of nitrogens with one attached hydrogen (secondary N) is 1. The zero-order valence-corrected chi connectivity index (χ0v) is 23.3. The molecule has 40 heavy (non-hydrogen) atoms. The summed E-state index contributed by atoms with van der Waals surface area (Å²) in [5.41, 5.74) is 1.63. The number of cyclic esters (lactones) is 1. The minimum absolute atomic E-state index is 0. The average molecular weight is 559 g/mol. The maximum atomic E-state index is 13.0. The predicted molar refractivity (Wildman–Crippen MR) is 156 cm³/mol. The number of rotatable bonds is 9. The highest BCUT2D eigenvalue weighted by molar-refractivity contribution is 5.85. The highest BCUT2D eigenvalue weighted by Crippen LogP contribution is 2.40. The third-order valence-corrected chi connectivity index (χ3v) is 8.11. The van der Waals surface area contributed by atoms with E-state index < -0.39 is 17.0 Å². The van der Waals surface area contributed by atoms with Gasteiger partial charge in [0.1, 0.15) is 18.7 Å². The average Bonchev–Trinajstić information content (AvgIpc) is 3.33. The van der Waals surface area contributed by atoms with Crippen LogP contribution in [-0.2, 0) is 20.5 Å². The Bertz CT molecular complexity index is 1270. The van der Waals surface area contributed by atoms with E-state index >= 15 is 0 Å². The zero-order chi connectivity index (χ0) is 27.1. The second-order valence-corrected chi connectivity index (χ2v) is 10.3. The van der Waals surface area contributed by atoms with Crippen LogP contribution in [0.25, 0.3) is 0 Å². The molecule has 2 aliphatic rings. The lowest BCUT2D eigenvalue weighted by atomic mass is 9.74. The SMILES string of the molecule is Cl.N#CC1(c2ccccc2)CCN(CCCNC(=O)CN2C(=O)OCC2(c2ccccc2)c2ccccc2)CC1. The van der Waals surface area contributed by atoms with Crippen molar-refractivity contribution in [1.29, 1.82) is 5.26 Å². The summed E-state index contributed by atoms with van der Waals surface area (Å²) >= 11 is 0. The number of carbonyl (C=O) groups excluding carboxylic acids is 2. The van der Waals surface area contributed by atoms with E-state index in [1.54, 1.807) is 4.90 Å². The van der Waals surface area contributed by atoms with Crippen molar-refractivity contribution in [3.8, 4) is 6.07 Å². The van der Waals surface area contributed by atoms with E-state index in [1.165, 1.54) is 0 Å². The molecular formula is C32H35ClN4O3. The van der Waals surface area contributed by atoms with Crippen LogP contribution in [0.4, 0.5) is 4.79 Å². The summed E-state index contributed by atoms with van der Waals surface area (Å²) in [6.45, 7) is 3.13. The number of hydrogen-bond donors (Lipinski definition) is 1. The van der Waals surface area contributed by atoms with Crippen molar-refractivity contribution in [1.82, 2.24) is 15.1 Å². The summed E-state index contributed by atoms with van der Waals surface area (Å²) in [4.78, 5) is 29.8. The van der Waals surface area contributed by atoms with Gasteiger partial charge in [0.2, 0.25) is 5.91 Å². The van der Waals surface area contributed by atoms with Gasteiger partial charge in [-0.05, 0) is 55.6 Å². The molecule has 1 N–H and O–H groups in total. The second kappa shape index (κ2) is 13.0. The summed E-state index contributed by atoms with van der Waals surface area (Å²) in [5.74, 6) is -0.212. The molecule has 0 aliphatic carbocycles. The van der Waals surface area contributed by atoms with E-state index in [0.717, 1.165) is 55.6 Å². The standard InChI is InChI=1S/C32H34N4O3.ClH/c33-24-31(26-11-4-1-5-12-26)17-21-35(22-18-31)20-10-19-34-29(37)23-36-30(38)39-25-32(36,27-13-6-2-7-14-27)28-15-8-3-9-16-28;/h1-9,11-16H,10,17-23,25H2,(H,34,37);1H. The fourth-order valence-electron chi connectivity index (χ4n) is 5.86. The lowest BCUT2D eigenvalue weighted by Gasteiger charge is -2.37. The van der Waals surface area contributed by atoms with Crippen molar-refractivity contribution < 1.29 is 14.3 Å². The van der Waals surface area contributed by atoms with Crippen molar-refractivity contribution in [3.05, 3.63) is 108 Å². The molecule has 0 spiro atoms. The van der Waals surface area contributed by atoms with E-state index in [0.29, 0.717) is 6.54 Å². The first-order valence-electron chi connectivity index (χ1n) is 13.6. The number of likely N-dealkylation sites (tertiary alicyclic amines) is 1. The minimum Gasteiger partial charge on any atom is -0.446 e. The fraction of sp³-hybridized carbons (Fsp3) is 0.344. The molecule has 0 unspecified atom stereocenters. The molecule has 3 aromatic rings. The Morgan fingerprint density at radius 3 is 1.93 bits per heavy atom. The van der Waals surface area contributed by atoms with Crippen LogP contribution in [0.5, 0.6) is 0 Å². The van der Waals surface area contributed by atoms with Crippen LogP contribution >= 0.6 is 12.4 Å². The normalized spacial score (nSPS) is 17.8. The highest BCUT2D eigenvalue weighted by atomic mass is 35.5. The van der Waals surface area contributed by atoms with Crippen LogP contribution in [-0.4, -0.2) is 61.1 Å². The van der Waals surface area contributed by atoms with Gasteiger partial charge in [0.25, 0.3) is 0 Å². The van der Waals surface area contributed by atoms with Crippen molar-refractivity contribution in [3.63, 3.8) is 0 Å². The fourth-order valence-corrected chi connectivity index (χ4v) is 5.86. The van der Waals surface area contributed by atoms with Gasteiger partial charge < -0.3 is 15.0 Å². The summed E-state index contributed by atoms with van der Waals surface area (Å²) < 4.78 is 5.53. The van der Waals surface area contributed by atoms with Gasteiger partial charge in [-0.2, -0.15) is 5.26 Å². The molecule has 2 fully saturated rings. The van der Waals surface area contributed by atoms with Crippen LogP contribution in [0.3, 0.4) is 0 Å². The van der Waals surface area contributed by atoms with Gasteiger partial charge >= 0.3 is 6.09 Å². The summed E-state index contributed by atoms with van der Waals surface area (Å²) in [7, 11) is 0. The number of amides is 2. The summed E-state index contributed by atoms with van der Waals surface area (Å²) in [5, 5.41) is 12.9. The van der Waals surface area contributed by atoms with E-state index in [4.69, 9.17) is 4.74 Å². The van der Waals surface area contributed by atoms with E-state index in [-0.39, 0.29) is 31.5 Å². The lowest BCUT2D eigenvalue weighted by molar-refractivity contribution is -0.122. The number of hydrogen-bond acceptors (Lipinski definition) is 5. The monoisotopic (exact) mass is 558 g/mol. The highest BCUT2D eigenvalue weighted by Gasteiger charge is 2.50. The Morgan fingerprint density at radius 2 is 1.40 bits per heavy atom. The van der Waals surface area contributed by atoms with Crippen molar-refractivity contribution >= 4 is 24.4 Å². The summed E-state index contributed by atoms with van der Waals surface area (Å²) in [6, 6.07) is 32.1. The molecule has 208 valence electrons. The van der Waals surface area contributed by atoms with E-state index in [9.17, 15) is 14.9 Å². The number of carbonyl (C=O) groups is 2. The predicted octanol–water partition coefficient (Wildman–Crippen LogP) is 4.87. The number of piperidine rings is 1. The molecule has 0 aromatic heterocycles. The number of halogens is 1. The smallest absolute Gasteiger partial charge is 0.411 e. The largest absolute Gasteiger partial charge is 0.446 e. The maximum absolute atomic E-state index is 13.0. The molecule has 0 bridgehead atoms. The van der Waals surface area contributed by atoms with Crippen molar-refractivity contribution in [2.45, 2.75) is 30.2 Å². The quantitative estimate of drug-likeness (QED) is 0.379. The summed E-state index contributed by atoms with van der Waals surface area (Å²) in [6.07, 6.45) is 1.91. The lowest BCUT2D eigenvalue weighted by Crippen LogP contribution is -2.50. The van der Waals surface area contributed by atoms with Crippen molar-refractivity contribution in [2.24, 2.45) is 0 Å². The molecule has 2 saturated heterocycles. The third-order valence-electron chi connectivity index (χ3n) is 8.11. The number of nitriles is 1. The van der Waals surface area contributed by atoms with Crippen LogP contribution < -0.4 is 5.32 Å². The molecule has 2 aliphatic heterocycles. The second-order valence-electron chi connectivity index (χ2n) is 10.3. The van der Waals surface area contributed by atoms with Gasteiger partial charge in [-0.3, -0.25) is 9.69 Å². The number of benzene rings is 3. The van der Waals surface area contributed by atoms with Gasteiger partial charge in [-0.1, -0.05) is 91.0 Å². The van der Waals surface area contributed by atoms with Crippen LogP contribution in [0.2, 0.25) is 0 Å². The topological polar surface area (TPSA) is 85.7 Å². The molecule has 3 aromatic carbocycles. The van der Waals surface area contributed by atoms with Crippen LogP contribution in [0, 0.1) is 11.3 Å². The number of ether oxygens (including phenoxy) is 1. The molecule has 0 atom stereocenters. The van der Waals surface area contributed by atoms with Crippen LogP contribution in [0.1, 0.15) is 36.0 Å². The molecule has 0 saturated carbocycles. The Morgan fingerprint density at radius 1 is 0.875 bits per heavy atom. The molecular weight excluding hydrogens is 524 g/mol.